The Morgan fingerprint density at radius 3 is 2.46 bits per heavy atom. The zero-order valence-corrected chi connectivity index (χ0v) is 7.88. The molecule has 0 amide bonds. The highest BCUT2D eigenvalue weighted by Gasteiger charge is 2.36. The van der Waals surface area contributed by atoms with E-state index in [0.29, 0.717) is 4.88 Å². The van der Waals surface area contributed by atoms with Gasteiger partial charge in [0.2, 0.25) is 0 Å². The van der Waals surface area contributed by atoms with Crippen molar-refractivity contribution in [2.75, 3.05) is 0 Å². The SMILES string of the molecule is Cc1ccc(CC(N)C(F)(F)F)s1. The van der Waals surface area contributed by atoms with Gasteiger partial charge in [0.05, 0.1) is 0 Å². The van der Waals surface area contributed by atoms with Crippen LogP contribution in [0.1, 0.15) is 9.75 Å². The van der Waals surface area contributed by atoms with Crippen LogP contribution in [0.3, 0.4) is 0 Å². The van der Waals surface area contributed by atoms with E-state index in [1.54, 1.807) is 12.1 Å². The lowest BCUT2D eigenvalue weighted by atomic mass is 10.2. The number of alkyl halides is 3. The Bertz CT molecular complexity index is 279. The second kappa shape index (κ2) is 3.67. The predicted octanol–water partition coefficient (Wildman–Crippen LogP) is 2.49. The fourth-order valence-corrected chi connectivity index (χ4v) is 1.88. The number of thiophene rings is 1. The number of halogens is 3. The van der Waals surface area contributed by atoms with Gasteiger partial charge in [-0.25, -0.2) is 0 Å². The molecule has 0 fully saturated rings. The van der Waals surface area contributed by atoms with Gasteiger partial charge in [0.25, 0.3) is 0 Å². The van der Waals surface area contributed by atoms with Crippen molar-refractivity contribution in [1.82, 2.24) is 0 Å². The highest BCUT2D eigenvalue weighted by atomic mass is 32.1. The first-order valence-corrected chi connectivity index (χ1v) is 4.59. The van der Waals surface area contributed by atoms with E-state index in [2.05, 4.69) is 0 Å². The maximum Gasteiger partial charge on any atom is 0.403 e. The van der Waals surface area contributed by atoms with E-state index in [0.717, 1.165) is 4.88 Å². The first-order chi connectivity index (χ1) is 5.89. The monoisotopic (exact) mass is 209 g/mol. The van der Waals surface area contributed by atoms with Crippen molar-refractivity contribution in [3.8, 4) is 0 Å². The second-order valence-corrected chi connectivity index (χ2v) is 4.24. The third kappa shape index (κ3) is 3.00. The summed E-state index contributed by atoms with van der Waals surface area (Å²) in [6.45, 7) is 1.85. The molecule has 1 aromatic rings. The number of rotatable bonds is 2. The average Bonchev–Trinajstić information content (AvgIpc) is 2.33. The van der Waals surface area contributed by atoms with Gasteiger partial charge in [-0.15, -0.1) is 11.3 Å². The molecule has 0 aromatic carbocycles. The quantitative estimate of drug-likeness (QED) is 0.795. The van der Waals surface area contributed by atoms with Gasteiger partial charge in [-0.05, 0) is 19.1 Å². The summed E-state index contributed by atoms with van der Waals surface area (Å²) in [5.74, 6) is 0. The van der Waals surface area contributed by atoms with E-state index in [9.17, 15) is 13.2 Å². The fourth-order valence-electron chi connectivity index (χ4n) is 0.927. The standard InChI is InChI=1S/C8H10F3NS/c1-5-2-3-6(13-5)4-7(12)8(9,10)11/h2-3,7H,4,12H2,1H3. The molecular formula is C8H10F3NS. The Morgan fingerprint density at radius 2 is 2.08 bits per heavy atom. The summed E-state index contributed by atoms with van der Waals surface area (Å²) in [4.78, 5) is 1.69. The molecule has 1 aromatic heterocycles. The van der Waals surface area contributed by atoms with Gasteiger partial charge >= 0.3 is 6.18 Å². The summed E-state index contributed by atoms with van der Waals surface area (Å²) < 4.78 is 36.1. The maximum absolute atomic E-state index is 12.0. The summed E-state index contributed by atoms with van der Waals surface area (Å²) >= 11 is 1.35. The molecule has 74 valence electrons. The van der Waals surface area contributed by atoms with Crippen LogP contribution >= 0.6 is 11.3 Å². The van der Waals surface area contributed by atoms with Crippen molar-refractivity contribution >= 4 is 11.3 Å². The van der Waals surface area contributed by atoms with Crippen molar-refractivity contribution in [2.24, 2.45) is 5.73 Å². The van der Waals surface area contributed by atoms with Gasteiger partial charge in [0.1, 0.15) is 6.04 Å². The minimum absolute atomic E-state index is 0.123. The van der Waals surface area contributed by atoms with Crippen LogP contribution in [0.5, 0.6) is 0 Å². The van der Waals surface area contributed by atoms with E-state index < -0.39 is 12.2 Å². The third-order valence-corrected chi connectivity index (χ3v) is 2.66. The summed E-state index contributed by atoms with van der Waals surface area (Å²) in [7, 11) is 0. The Morgan fingerprint density at radius 1 is 1.46 bits per heavy atom. The summed E-state index contributed by atoms with van der Waals surface area (Å²) in [6, 6.07) is 1.74. The minimum Gasteiger partial charge on any atom is -0.320 e. The van der Waals surface area contributed by atoms with E-state index in [4.69, 9.17) is 5.73 Å². The van der Waals surface area contributed by atoms with Crippen molar-refractivity contribution in [3.63, 3.8) is 0 Å². The largest absolute Gasteiger partial charge is 0.403 e. The van der Waals surface area contributed by atoms with Crippen molar-refractivity contribution in [3.05, 3.63) is 21.9 Å². The van der Waals surface area contributed by atoms with Crippen LogP contribution in [0.2, 0.25) is 0 Å². The smallest absolute Gasteiger partial charge is 0.320 e. The van der Waals surface area contributed by atoms with Gasteiger partial charge < -0.3 is 5.73 Å². The number of aryl methyl sites for hydroxylation is 1. The molecular weight excluding hydrogens is 199 g/mol. The molecule has 1 unspecified atom stereocenters. The van der Waals surface area contributed by atoms with Crippen LogP contribution in [0.25, 0.3) is 0 Å². The zero-order chi connectivity index (χ0) is 10.1. The molecule has 5 heteroatoms. The molecule has 0 aliphatic rings. The van der Waals surface area contributed by atoms with E-state index in [1.807, 2.05) is 6.92 Å². The molecule has 0 saturated heterocycles. The molecule has 13 heavy (non-hydrogen) atoms. The highest BCUT2D eigenvalue weighted by Crippen LogP contribution is 2.24. The molecule has 1 atom stereocenters. The highest BCUT2D eigenvalue weighted by molar-refractivity contribution is 7.11. The Kier molecular flexibility index (Phi) is 2.98. The van der Waals surface area contributed by atoms with Gasteiger partial charge in [-0.1, -0.05) is 0 Å². The molecule has 1 nitrogen and oxygen atoms in total. The predicted molar refractivity (Wildman–Crippen MR) is 46.8 cm³/mol. The van der Waals surface area contributed by atoms with Gasteiger partial charge in [0, 0.05) is 16.2 Å². The lowest BCUT2D eigenvalue weighted by molar-refractivity contribution is -0.147. The maximum atomic E-state index is 12.0. The van der Waals surface area contributed by atoms with E-state index >= 15 is 0 Å². The Balaban J connectivity index is 2.60. The molecule has 0 aliphatic heterocycles. The van der Waals surface area contributed by atoms with Gasteiger partial charge in [-0.2, -0.15) is 13.2 Å². The average molecular weight is 209 g/mol. The van der Waals surface area contributed by atoms with Crippen LogP contribution < -0.4 is 5.73 Å². The number of hydrogen-bond donors (Lipinski definition) is 1. The van der Waals surface area contributed by atoms with Crippen LogP contribution in [-0.2, 0) is 6.42 Å². The van der Waals surface area contributed by atoms with Gasteiger partial charge in [0.15, 0.2) is 0 Å². The molecule has 0 spiro atoms. The summed E-state index contributed by atoms with van der Waals surface area (Å²) in [6.07, 6.45) is -4.42. The van der Waals surface area contributed by atoms with Crippen molar-refractivity contribution in [1.29, 1.82) is 0 Å². The number of nitrogens with two attached hydrogens (primary N) is 1. The normalized spacial score (nSPS) is 14.5. The topological polar surface area (TPSA) is 26.0 Å². The molecule has 0 radical (unpaired) electrons. The minimum atomic E-state index is -4.29. The molecule has 0 bridgehead atoms. The molecule has 0 aliphatic carbocycles. The van der Waals surface area contributed by atoms with Crippen LogP contribution in [-0.4, -0.2) is 12.2 Å². The summed E-state index contributed by atoms with van der Waals surface area (Å²) in [5, 5.41) is 0. The third-order valence-electron chi connectivity index (χ3n) is 1.64. The number of hydrogen-bond acceptors (Lipinski definition) is 2. The van der Waals surface area contributed by atoms with Crippen LogP contribution in [0.15, 0.2) is 12.1 Å². The molecule has 2 N–H and O–H groups in total. The molecule has 1 rings (SSSR count). The lowest BCUT2D eigenvalue weighted by Gasteiger charge is -2.13. The zero-order valence-electron chi connectivity index (χ0n) is 7.06. The van der Waals surface area contributed by atoms with E-state index in [-0.39, 0.29) is 6.42 Å². The van der Waals surface area contributed by atoms with Gasteiger partial charge in [-0.3, -0.25) is 0 Å². The van der Waals surface area contributed by atoms with Crippen LogP contribution in [0, 0.1) is 6.92 Å². The summed E-state index contributed by atoms with van der Waals surface area (Å²) in [5.41, 5.74) is 4.97. The Hall–Kier alpha value is -0.550. The first kappa shape index (κ1) is 10.5. The van der Waals surface area contributed by atoms with Crippen LogP contribution in [0.4, 0.5) is 13.2 Å². The first-order valence-electron chi connectivity index (χ1n) is 3.77. The lowest BCUT2D eigenvalue weighted by Crippen LogP contribution is -2.38. The fraction of sp³-hybridized carbons (Fsp3) is 0.500. The van der Waals surface area contributed by atoms with E-state index in [1.165, 1.54) is 11.3 Å². The second-order valence-electron chi connectivity index (χ2n) is 2.86. The molecule has 1 heterocycles. The Labute approximate surface area is 78.4 Å². The van der Waals surface area contributed by atoms with Crippen molar-refractivity contribution < 1.29 is 13.2 Å². The van der Waals surface area contributed by atoms with Crippen molar-refractivity contribution in [2.45, 2.75) is 25.6 Å². The molecule has 0 saturated carbocycles.